The fraction of sp³-hybridized carbons (Fsp3) is 0.207. The van der Waals surface area contributed by atoms with Crippen molar-refractivity contribution >= 4 is 32.5 Å². The Labute approximate surface area is 231 Å². The van der Waals surface area contributed by atoms with Crippen molar-refractivity contribution in [3.8, 4) is 17.6 Å². The molecular weight excluding hydrogens is 535 g/mol. The molecule has 4 aromatic rings. The fourth-order valence-electron chi connectivity index (χ4n) is 4.78. The molecule has 40 heavy (non-hydrogen) atoms. The summed E-state index contributed by atoms with van der Waals surface area (Å²) in [6.07, 6.45) is 2.63. The highest BCUT2D eigenvalue weighted by atomic mass is 32.2. The Morgan fingerprint density at radius 2 is 1.93 bits per heavy atom. The molecule has 0 saturated heterocycles. The molecule has 9 nitrogen and oxygen atoms in total. The molecule has 3 aromatic carbocycles. The lowest BCUT2D eigenvalue weighted by Gasteiger charge is -2.23. The minimum absolute atomic E-state index is 0.0143. The average molecular weight is 561 g/mol. The van der Waals surface area contributed by atoms with Crippen molar-refractivity contribution in [3.63, 3.8) is 0 Å². The summed E-state index contributed by atoms with van der Waals surface area (Å²) in [6, 6.07) is 16.5. The Kier molecular flexibility index (Phi) is 7.04. The minimum atomic E-state index is -3.71. The van der Waals surface area contributed by atoms with E-state index in [2.05, 4.69) is 4.98 Å². The van der Waals surface area contributed by atoms with E-state index in [1.54, 1.807) is 37.6 Å². The van der Waals surface area contributed by atoms with Gasteiger partial charge in [-0.15, -0.1) is 0 Å². The molecule has 1 aliphatic rings. The molecule has 0 bridgehead atoms. The normalized spacial score (nSPS) is 12.8. The standard InChI is InChI=1S/C29H25FN4O5S/c1-33(40(3,36)37)27-23-5-4-12-32-26(23)28(39-17-18-6-10-22(38-2)11-7-18)25-24(27)16-34(29(25)35)15-19-8-9-21(30)13-20(19)14-31/h4-13H,15-17H2,1-3H3. The summed E-state index contributed by atoms with van der Waals surface area (Å²) in [5.41, 5.74) is 2.73. The van der Waals surface area contributed by atoms with Crippen LogP contribution in [0, 0.1) is 17.1 Å². The van der Waals surface area contributed by atoms with Gasteiger partial charge in [-0.2, -0.15) is 5.26 Å². The third-order valence-corrected chi connectivity index (χ3v) is 8.03. The number of halogens is 1. The van der Waals surface area contributed by atoms with Crippen LogP contribution < -0.4 is 13.8 Å². The quantitative estimate of drug-likeness (QED) is 0.314. The van der Waals surface area contributed by atoms with Gasteiger partial charge in [-0.1, -0.05) is 18.2 Å². The van der Waals surface area contributed by atoms with Crippen LogP contribution in [0.1, 0.15) is 32.6 Å². The molecule has 0 fully saturated rings. The first-order chi connectivity index (χ1) is 19.1. The maximum atomic E-state index is 13.9. The fourth-order valence-corrected chi connectivity index (χ4v) is 5.32. The molecule has 1 aromatic heterocycles. The summed E-state index contributed by atoms with van der Waals surface area (Å²) < 4.78 is 51.7. The third kappa shape index (κ3) is 4.89. The largest absolute Gasteiger partial charge is 0.497 e. The summed E-state index contributed by atoms with van der Waals surface area (Å²) in [5.74, 6) is -0.0453. The Hall–Kier alpha value is -4.69. The molecule has 0 radical (unpaired) electrons. The number of aromatic nitrogens is 1. The molecule has 204 valence electrons. The lowest BCUT2D eigenvalue weighted by atomic mass is 10.0. The number of anilines is 1. The summed E-state index contributed by atoms with van der Waals surface area (Å²) in [5, 5.41) is 10.0. The number of methoxy groups -OCH3 is 1. The zero-order valence-electron chi connectivity index (χ0n) is 22.0. The van der Waals surface area contributed by atoms with E-state index in [1.165, 1.54) is 24.1 Å². The summed E-state index contributed by atoms with van der Waals surface area (Å²) in [7, 11) is -0.714. The van der Waals surface area contributed by atoms with Gasteiger partial charge in [-0.05, 0) is 47.5 Å². The molecule has 1 aliphatic heterocycles. The number of fused-ring (bicyclic) bond motifs is 2. The van der Waals surface area contributed by atoms with Crippen molar-refractivity contribution in [2.45, 2.75) is 19.7 Å². The first-order valence-corrected chi connectivity index (χ1v) is 14.1. The molecule has 0 atom stereocenters. The van der Waals surface area contributed by atoms with Crippen LogP contribution in [0.15, 0.2) is 60.8 Å². The summed E-state index contributed by atoms with van der Waals surface area (Å²) in [4.78, 5) is 19.9. The van der Waals surface area contributed by atoms with Gasteiger partial charge in [0.25, 0.3) is 5.91 Å². The van der Waals surface area contributed by atoms with Crippen LogP contribution in [-0.4, -0.2) is 44.6 Å². The van der Waals surface area contributed by atoms with Crippen LogP contribution >= 0.6 is 0 Å². The monoisotopic (exact) mass is 560 g/mol. The number of hydrogen-bond acceptors (Lipinski definition) is 7. The van der Waals surface area contributed by atoms with Gasteiger partial charge in [-0.3, -0.25) is 14.1 Å². The topological polar surface area (TPSA) is 113 Å². The van der Waals surface area contributed by atoms with Gasteiger partial charge in [0, 0.05) is 37.3 Å². The number of nitrogens with zero attached hydrogens (tertiary/aromatic N) is 4. The Balaban J connectivity index is 1.65. The number of ether oxygens (including phenoxy) is 2. The van der Waals surface area contributed by atoms with E-state index in [0.29, 0.717) is 33.5 Å². The van der Waals surface area contributed by atoms with E-state index in [-0.39, 0.29) is 36.6 Å². The Morgan fingerprint density at radius 1 is 1.18 bits per heavy atom. The number of nitriles is 1. The number of carbonyl (C=O) groups is 1. The molecule has 1 amide bonds. The van der Waals surface area contributed by atoms with Gasteiger partial charge in [-0.25, -0.2) is 12.8 Å². The van der Waals surface area contributed by atoms with Crippen molar-refractivity contribution < 1.29 is 27.1 Å². The number of pyridine rings is 1. The zero-order valence-corrected chi connectivity index (χ0v) is 22.8. The number of benzene rings is 3. The highest BCUT2D eigenvalue weighted by molar-refractivity contribution is 7.92. The van der Waals surface area contributed by atoms with Gasteiger partial charge < -0.3 is 14.4 Å². The second-order valence-electron chi connectivity index (χ2n) is 9.37. The molecule has 2 heterocycles. The molecule has 0 spiro atoms. The number of carbonyl (C=O) groups excluding carboxylic acids is 1. The first kappa shape index (κ1) is 26.9. The van der Waals surface area contributed by atoms with Gasteiger partial charge in [0.05, 0.1) is 36.2 Å². The zero-order chi connectivity index (χ0) is 28.6. The number of hydrogen-bond donors (Lipinski definition) is 0. The smallest absolute Gasteiger partial charge is 0.258 e. The van der Waals surface area contributed by atoms with Crippen molar-refractivity contribution in [1.82, 2.24) is 9.88 Å². The Morgan fingerprint density at radius 3 is 2.60 bits per heavy atom. The number of amides is 1. The summed E-state index contributed by atoms with van der Waals surface area (Å²) >= 11 is 0. The maximum absolute atomic E-state index is 13.9. The molecule has 0 saturated carbocycles. The highest BCUT2D eigenvalue weighted by Gasteiger charge is 2.38. The molecule has 0 unspecified atom stereocenters. The molecule has 0 aliphatic carbocycles. The molecular formula is C29H25FN4O5S. The van der Waals surface area contributed by atoms with Crippen molar-refractivity contribution in [3.05, 3.63) is 94.4 Å². The number of rotatable bonds is 8. The minimum Gasteiger partial charge on any atom is -0.497 e. The molecule has 0 N–H and O–H groups in total. The second-order valence-corrected chi connectivity index (χ2v) is 11.4. The van der Waals surface area contributed by atoms with Gasteiger partial charge in [0.1, 0.15) is 23.7 Å². The predicted molar refractivity (Wildman–Crippen MR) is 147 cm³/mol. The Bertz CT molecular complexity index is 1790. The third-order valence-electron chi connectivity index (χ3n) is 6.85. The van der Waals surface area contributed by atoms with Crippen LogP contribution in [0.2, 0.25) is 0 Å². The van der Waals surface area contributed by atoms with Crippen LogP contribution in [0.3, 0.4) is 0 Å². The van der Waals surface area contributed by atoms with Crippen LogP contribution in [0.4, 0.5) is 10.1 Å². The molecule has 11 heteroatoms. The van der Waals surface area contributed by atoms with E-state index < -0.39 is 21.7 Å². The van der Waals surface area contributed by atoms with Crippen molar-refractivity contribution in [2.75, 3.05) is 24.7 Å². The van der Waals surface area contributed by atoms with Crippen LogP contribution in [-0.2, 0) is 29.7 Å². The van der Waals surface area contributed by atoms with Crippen molar-refractivity contribution in [2.24, 2.45) is 0 Å². The average Bonchev–Trinajstić information content (AvgIpc) is 3.26. The van der Waals surface area contributed by atoms with Gasteiger partial charge in [0.2, 0.25) is 10.0 Å². The lowest BCUT2D eigenvalue weighted by molar-refractivity contribution is 0.0763. The van der Waals surface area contributed by atoms with E-state index in [4.69, 9.17) is 9.47 Å². The highest BCUT2D eigenvalue weighted by Crippen LogP contribution is 2.45. The molecule has 5 rings (SSSR count). The van der Waals surface area contributed by atoms with Gasteiger partial charge >= 0.3 is 0 Å². The predicted octanol–water partition coefficient (Wildman–Crippen LogP) is 4.38. The summed E-state index contributed by atoms with van der Waals surface area (Å²) in [6.45, 7) is 0.183. The van der Waals surface area contributed by atoms with Crippen LogP contribution in [0.5, 0.6) is 11.5 Å². The SMILES string of the molecule is COc1ccc(COc2c3c(c(N(C)S(C)(=O)=O)c4cccnc24)CN(Cc2ccc(F)cc2C#N)C3=O)cc1. The number of sulfonamides is 1. The van der Waals surface area contributed by atoms with Gasteiger partial charge in [0.15, 0.2) is 5.75 Å². The van der Waals surface area contributed by atoms with E-state index in [1.807, 2.05) is 18.2 Å². The van der Waals surface area contributed by atoms with E-state index in [0.717, 1.165) is 22.2 Å². The second kappa shape index (κ2) is 10.5. The van der Waals surface area contributed by atoms with E-state index >= 15 is 0 Å². The van der Waals surface area contributed by atoms with Crippen molar-refractivity contribution in [1.29, 1.82) is 5.26 Å². The maximum Gasteiger partial charge on any atom is 0.258 e. The van der Waals surface area contributed by atoms with E-state index in [9.17, 15) is 22.9 Å². The van der Waals surface area contributed by atoms with Crippen LogP contribution in [0.25, 0.3) is 10.9 Å². The lowest BCUT2D eigenvalue weighted by Crippen LogP contribution is -2.26. The first-order valence-electron chi connectivity index (χ1n) is 12.2.